The van der Waals surface area contributed by atoms with Crippen LogP contribution in [-0.2, 0) is 0 Å². The van der Waals surface area contributed by atoms with E-state index in [2.05, 4.69) is 68.5 Å². The van der Waals surface area contributed by atoms with Crippen LogP contribution in [0.25, 0.3) is 5.57 Å². The summed E-state index contributed by atoms with van der Waals surface area (Å²) in [6, 6.07) is 17.0. The third-order valence-corrected chi connectivity index (χ3v) is 4.62. The highest BCUT2D eigenvalue weighted by molar-refractivity contribution is 5.81. The SMILES string of the molecule is CC1=C(c2ccccc2C)C=CC2Oc3ccccc3C12. The van der Waals surface area contributed by atoms with Crippen LogP contribution in [0.4, 0.5) is 0 Å². The fourth-order valence-electron chi connectivity index (χ4n) is 3.53. The summed E-state index contributed by atoms with van der Waals surface area (Å²) in [5.74, 6) is 1.38. The Morgan fingerprint density at radius 1 is 0.905 bits per heavy atom. The summed E-state index contributed by atoms with van der Waals surface area (Å²) >= 11 is 0. The molecule has 2 unspecified atom stereocenters. The second-order valence-corrected chi connectivity index (χ2v) is 5.87. The van der Waals surface area contributed by atoms with Crippen molar-refractivity contribution >= 4 is 5.57 Å². The van der Waals surface area contributed by atoms with E-state index in [0.717, 1.165) is 5.75 Å². The molecule has 2 aromatic carbocycles. The highest BCUT2D eigenvalue weighted by Gasteiger charge is 2.36. The minimum atomic E-state index is 0.148. The van der Waals surface area contributed by atoms with Gasteiger partial charge in [-0.1, -0.05) is 54.1 Å². The van der Waals surface area contributed by atoms with Gasteiger partial charge in [0.15, 0.2) is 0 Å². The molecule has 2 aromatic rings. The Bertz CT molecular complexity index is 767. The van der Waals surface area contributed by atoms with Crippen molar-refractivity contribution in [3.63, 3.8) is 0 Å². The number of hydrogen-bond acceptors (Lipinski definition) is 1. The molecule has 104 valence electrons. The number of aryl methyl sites for hydroxylation is 1. The van der Waals surface area contributed by atoms with Crippen molar-refractivity contribution in [1.29, 1.82) is 0 Å². The summed E-state index contributed by atoms with van der Waals surface area (Å²) in [5.41, 5.74) is 6.71. The second-order valence-electron chi connectivity index (χ2n) is 5.87. The van der Waals surface area contributed by atoms with Gasteiger partial charge in [0.05, 0.1) is 0 Å². The van der Waals surface area contributed by atoms with Crippen molar-refractivity contribution in [2.24, 2.45) is 0 Å². The molecule has 21 heavy (non-hydrogen) atoms. The Balaban J connectivity index is 1.87. The summed E-state index contributed by atoms with van der Waals surface area (Å²) in [5, 5.41) is 0. The summed E-state index contributed by atoms with van der Waals surface area (Å²) < 4.78 is 6.07. The van der Waals surface area contributed by atoms with E-state index in [1.165, 1.54) is 27.8 Å². The van der Waals surface area contributed by atoms with Gasteiger partial charge < -0.3 is 4.74 Å². The first-order valence-electron chi connectivity index (χ1n) is 7.46. The number of para-hydroxylation sites is 1. The number of allylic oxidation sites excluding steroid dienone is 2. The van der Waals surface area contributed by atoms with Crippen molar-refractivity contribution < 1.29 is 4.74 Å². The third-order valence-electron chi connectivity index (χ3n) is 4.62. The van der Waals surface area contributed by atoms with Crippen LogP contribution >= 0.6 is 0 Å². The average Bonchev–Trinajstić information content (AvgIpc) is 2.88. The van der Waals surface area contributed by atoms with E-state index in [1.807, 2.05) is 6.07 Å². The molecule has 1 heterocycles. The lowest BCUT2D eigenvalue weighted by Crippen LogP contribution is -2.20. The minimum Gasteiger partial charge on any atom is -0.485 e. The minimum absolute atomic E-state index is 0.148. The monoisotopic (exact) mass is 274 g/mol. The van der Waals surface area contributed by atoms with Crippen LogP contribution in [0.15, 0.2) is 66.3 Å². The van der Waals surface area contributed by atoms with Gasteiger partial charge >= 0.3 is 0 Å². The molecule has 0 fully saturated rings. The maximum absolute atomic E-state index is 6.07. The molecule has 0 spiro atoms. The molecule has 2 atom stereocenters. The maximum atomic E-state index is 6.07. The van der Waals surface area contributed by atoms with E-state index in [4.69, 9.17) is 4.74 Å². The van der Waals surface area contributed by atoms with Gasteiger partial charge in [-0.2, -0.15) is 0 Å². The number of ether oxygens (including phenoxy) is 1. The lowest BCUT2D eigenvalue weighted by Gasteiger charge is -2.25. The Morgan fingerprint density at radius 3 is 2.52 bits per heavy atom. The first-order chi connectivity index (χ1) is 10.3. The predicted molar refractivity (Wildman–Crippen MR) is 86.5 cm³/mol. The van der Waals surface area contributed by atoms with Crippen LogP contribution in [0.2, 0.25) is 0 Å². The number of rotatable bonds is 1. The smallest absolute Gasteiger partial charge is 0.128 e. The maximum Gasteiger partial charge on any atom is 0.128 e. The van der Waals surface area contributed by atoms with Gasteiger partial charge in [0.1, 0.15) is 11.9 Å². The van der Waals surface area contributed by atoms with Crippen LogP contribution in [-0.4, -0.2) is 6.10 Å². The zero-order valence-corrected chi connectivity index (χ0v) is 12.3. The van der Waals surface area contributed by atoms with Crippen molar-refractivity contribution in [1.82, 2.24) is 0 Å². The molecule has 0 bridgehead atoms. The Labute approximate surface area is 125 Å². The lowest BCUT2D eigenvalue weighted by molar-refractivity contribution is 0.265. The zero-order chi connectivity index (χ0) is 14.4. The van der Waals surface area contributed by atoms with Gasteiger partial charge in [0.25, 0.3) is 0 Å². The number of fused-ring (bicyclic) bond motifs is 3. The fourth-order valence-corrected chi connectivity index (χ4v) is 3.53. The van der Waals surface area contributed by atoms with E-state index in [1.54, 1.807) is 0 Å². The summed E-state index contributed by atoms with van der Waals surface area (Å²) in [7, 11) is 0. The van der Waals surface area contributed by atoms with Crippen LogP contribution in [0.3, 0.4) is 0 Å². The van der Waals surface area contributed by atoms with Crippen molar-refractivity contribution in [2.75, 3.05) is 0 Å². The van der Waals surface area contributed by atoms with Crippen LogP contribution in [0, 0.1) is 6.92 Å². The Hall–Kier alpha value is -2.28. The molecule has 0 saturated carbocycles. The lowest BCUT2D eigenvalue weighted by atomic mass is 9.80. The van der Waals surface area contributed by atoms with E-state index in [9.17, 15) is 0 Å². The van der Waals surface area contributed by atoms with Crippen LogP contribution < -0.4 is 4.74 Å². The van der Waals surface area contributed by atoms with Crippen LogP contribution in [0.1, 0.15) is 29.5 Å². The number of hydrogen-bond donors (Lipinski definition) is 0. The molecule has 4 rings (SSSR count). The van der Waals surface area contributed by atoms with Crippen molar-refractivity contribution in [2.45, 2.75) is 25.9 Å². The van der Waals surface area contributed by atoms with Gasteiger partial charge in [-0.15, -0.1) is 0 Å². The highest BCUT2D eigenvalue weighted by Crippen LogP contribution is 2.47. The third kappa shape index (κ3) is 1.84. The molecule has 0 N–H and O–H groups in total. The topological polar surface area (TPSA) is 9.23 Å². The Morgan fingerprint density at radius 2 is 1.67 bits per heavy atom. The number of benzene rings is 2. The Kier molecular flexibility index (Phi) is 2.75. The summed E-state index contributed by atoms with van der Waals surface area (Å²) in [4.78, 5) is 0. The molecule has 1 heteroatoms. The molecule has 0 saturated heterocycles. The average molecular weight is 274 g/mol. The molecular formula is C20H18O. The van der Waals surface area contributed by atoms with Gasteiger partial charge in [-0.25, -0.2) is 0 Å². The predicted octanol–water partition coefficient (Wildman–Crippen LogP) is 4.88. The molecule has 2 aliphatic rings. The highest BCUT2D eigenvalue weighted by atomic mass is 16.5. The van der Waals surface area contributed by atoms with Crippen molar-refractivity contribution in [3.05, 3.63) is 82.9 Å². The molecule has 1 nitrogen and oxygen atoms in total. The van der Waals surface area contributed by atoms with E-state index in [0.29, 0.717) is 5.92 Å². The van der Waals surface area contributed by atoms with Gasteiger partial charge in [0, 0.05) is 11.5 Å². The molecule has 1 aliphatic carbocycles. The van der Waals surface area contributed by atoms with E-state index >= 15 is 0 Å². The van der Waals surface area contributed by atoms with Crippen molar-refractivity contribution in [3.8, 4) is 5.75 Å². The van der Waals surface area contributed by atoms with Crippen LogP contribution in [0.5, 0.6) is 5.75 Å². The molecular weight excluding hydrogens is 256 g/mol. The van der Waals surface area contributed by atoms with Gasteiger partial charge in [0.2, 0.25) is 0 Å². The fraction of sp³-hybridized carbons (Fsp3) is 0.200. The largest absolute Gasteiger partial charge is 0.485 e. The van der Waals surface area contributed by atoms with E-state index in [-0.39, 0.29) is 6.10 Å². The second kappa shape index (κ2) is 4.63. The summed E-state index contributed by atoms with van der Waals surface area (Å²) in [6.07, 6.45) is 4.58. The van der Waals surface area contributed by atoms with E-state index < -0.39 is 0 Å². The first kappa shape index (κ1) is 12.5. The molecule has 0 radical (unpaired) electrons. The normalized spacial score (nSPS) is 22.8. The standard InChI is InChI=1S/C20H18O/c1-13-7-3-4-8-15(13)16-11-12-19-20(14(16)2)17-9-5-6-10-18(17)21-19/h3-12,19-20H,1-2H3. The summed E-state index contributed by atoms with van der Waals surface area (Å²) in [6.45, 7) is 4.42. The quantitative estimate of drug-likeness (QED) is 0.720. The van der Waals surface area contributed by atoms with Gasteiger partial charge in [-0.05, 0) is 42.7 Å². The molecule has 0 aromatic heterocycles. The molecule has 1 aliphatic heterocycles. The first-order valence-corrected chi connectivity index (χ1v) is 7.46. The zero-order valence-electron chi connectivity index (χ0n) is 12.3. The van der Waals surface area contributed by atoms with Gasteiger partial charge in [-0.3, -0.25) is 0 Å². The molecule has 0 amide bonds.